The minimum atomic E-state index is -0.809. The molecule has 35 heavy (non-hydrogen) atoms. The molecule has 7 heteroatoms. The molecule has 2 aromatic carbocycles. The zero-order valence-corrected chi connectivity index (χ0v) is 20.0. The van der Waals surface area contributed by atoms with E-state index in [2.05, 4.69) is 29.6 Å². The van der Waals surface area contributed by atoms with E-state index in [1.165, 1.54) is 11.1 Å². The average molecular weight is 477 g/mol. The topological polar surface area (TPSA) is 95.9 Å². The van der Waals surface area contributed by atoms with Gasteiger partial charge < -0.3 is 20.1 Å². The number of hydrogen-bond donors (Lipinski definition) is 2. The molecule has 0 aromatic heterocycles. The van der Waals surface area contributed by atoms with Gasteiger partial charge >= 0.3 is 12.1 Å². The van der Waals surface area contributed by atoms with E-state index < -0.39 is 24.0 Å². The summed E-state index contributed by atoms with van der Waals surface area (Å²) in [5.74, 6) is -1.31. The van der Waals surface area contributed by atoms with Crippen molar-refractivity contribution in [3.8, 4) is 11.1 Å². The normalized spacial score (nSPS) is 22.5. The number of ether oxygens (including phenoxy) is 1. The molecule has 7 nitrogen and oxygen atoms in total. The molecule has 2 aromatic rings. The lowest BCUT2D eigenvalue weighted by Gasteiger charge is -2.41. The Balaban J connectivity index is 1.25. The summed E-state index contributed by atoms with van der Waals surface area (Å²) in [7, 11) is 0. The molecule has 0 spiro atoms. The molecule has 1 saturated carbocycles. The molecule has 184 valence electrons. The van der Waals surface area contributed by atoms with Gasteiger partial charge in [-0.25, -0.2) is 4.79 Å². The van der Waals surface area contributed by atoms with Gasteiger partial charge in [0.25, 0.3) is 0 Å². The van der Waals surface area contributed by atoms with Crippen LogP contribution in [0.25, 0.3) is 11.1 Å². The van der Waals surface area contributed by atoms with Crippen molar-refractivity contribution in [2.45, 2.75) is 57.0 Å². The largest absolute Gasteiger partial charge is 0.481 e. The van der Waals surface area contributed by atoms with Gasteiger partial charge in [0.15, 0.2) is 0 Å². The number of piperidine rings is 1. The number of fused-ring (bicyclic) bond motifs is 3. The highest BCUT2D eigenvalue weighted by Crippen LogP contribution is 2.44. The van der Waals surface area contributed by atoms with Crippen LogP contribution in [-0.4, -0.2) is 53.2 Å². The molecule has 2 fully saturated rings. The zero-order valence-electron chi connectivity index (χ0n) is 20.0. The molecule has 1 unspecified atom stereocenters. The van der Waals surface area contributed by atoms with Crippen molar-refractivity contribution in [2.24, 2.45) is 11.8 Å². The number of carbonyl (C=O) groups excluding carboxylic acids is 2. The second-order valence-corrected chi connectivity index (χ2v) is 10.1. The summed E-state index contributed by atoms with van der Waals surface area (Å²) in [5, 5.41) is 12.2. The molecular weight excluding hydrogens is 444 g/mol. The number of carboxylic acids is 1. The first kappa shape index (κ1) is 23.4. The van der Waals surface area contributed by atoms with Crippen molar-refractivity contribution in [3.63, 3.8) is 0 Å². The number of nitrogens with one attached hydrogen (secondary N) is 1. The van der Waals surface area contributed by atoms with E-state index in [1.807, 2.05) is 31.2 Å². The van der Waals surface area contributed by atoms with Crippen LogP contribution < -0.4 is 5.32 Å². The summed E-state index contributed by atoms with van der Waals surface area (Å²) in [4.78, 5) is 39.5. The van der Waals surface area contributed by atoms with E-state index >= 15 is 0 Å². The van der Waals surface area contributed by atoms with E-state index in [9.17, 15) is 19.5 Å². The maximum absolute atomic E-state index is 13.5. The lowest BCUT2D eigenvalue weighted by Crippen LogP contribution is -2.57. The van der Waals surface area contributed by atoms with Gasteiger partial charge in [-0.15, -0.1) is 0 Å². The van der Waals surface area contributed by atoms with Gasteiger partial charge in [0.1, 0.15) is 12.6 Å². The van der Waals surface area contributed by atoms with Crippen LogP contribution >= 0.6 is 0 Å². The molecular formula is C28H32N2O5. The van der Waals surface area contributed by atoms with Crippen LogP contribution in [0.15, 0.2) is 48.5 Å². The molecule has 0 radical (unpaired) electrons. The Kier molecular flexibility index (Phi) is 6.50. The molecule has 2 aliphatic carbocycles. The number of carboxylic acid groups (broad SMARTS) is 1. The third-order valence-electron chi connectivity index (χ3n) is 8.01. The summed E-state index contributed by atoms with van der Waals surface area (Å²) in [6.07, 6.45) is 3.11. The summed E-state index contributed by atoms with van der Waals surface area (Å²) in [6.45, 7) is 2.48. The number of amides is 2. The van der Waals surface area contributed by atoms with Gasteiger partial charge in [-0.1, -0.05) is 55.0 Å². The monoisotopic (exact) mass is 476 g/mol. The minimum absolute atomic E-state index is 0.0407. The van der Waals surface area contributed by atoms with Crippen molar-refractivity contribution in [1.82, 2.24) is 10.2 Å². The molecule has 3 atom stereocenters. The van der Waals surface area contributed by atoms with E-state index in [0.29, 0.717) is 19.4 Å². The van der Waals surface area contributed by atoms with Crippen LogP contribution in [0.5, 0.6) is 0 Å². The van der Waals surface area contributed by atoms with E-state index in [0.717, 1.165) is 30.4 Å². The van der Waals surface area contributed by atoms with Crippen molar-refractivity contribution < 1.29 is 24.2 Å². The Morgan fingerprint density at radius 1 is 1.03 bits per heavy atom. The van der Waals surface area contributed by atoms with Crippen molar-refractivity contribution >= 4 is 18.0 Å². The van der Waals surface area contributed by atoms with E-state index in [1.54, 1.807) is 4.90 Å². The maximum atomic E-state index is 13.5. The lowest BCUT2D eigenvalue weighted by atomic mass is 9.78. The summed E-state index contributed by atoms with van der Waals surface area (Å²) in [6, 6.07) is 15.5. The van der Waals surface area contributed by atoms with Crippen LogP contribution in [0.4, 0.5) is 4.79 Å². The van der Waals surface area contributed by atoms with E-state index in [4.69, 9.17) is 4.74 Å². The molecule has 2 N–H and O–H groups in total. The fraction of sp³-hybridized carbons (Fsp3) is 0.464. The number of hydrogen-bond acceptors (Lipinski definition) is 4. The predicted molar refractivity (Wildman–Crippen MR) is 131 cm³/mol. The van der Waals surface area contributed by atoms with E-state index in [-0.39, 0.29) is 30.4 Å². The van der Waals surface area contributed by atoms with Crippen LogP contribution in [0, 0.1) is 11.8 Å². The second kappa shape index (κ2) is 9.72. The quantitative estimate of drug-likeness (QED) is 0.644. The number of rotatable bonds is 6. The SMILES string of the molecule is C[C@H]1C[C@@H](C(=O)O)CCN1C(=O)C(NC(=O)OCC1c2ccccc2-c2ccccc21)C1CCC1. The number of nitrogens with zero attached hydrogens (tertiary/aromatic N) is 1. The lowest BCUT2D eigenvalue weighted by molar-refractivity contribution is -0.148. The first-order chi connectivity index (χ1) is 16.9. The van der Waals surface area contributed by atoms with Gasteiger partial charge in [-0.05, 0) is 60.8 Å². The Morgan fingerprint density at radius 3 is 2.20 bits per heavy atom. The Labute approximate surface area is 205 Å². The van der Waals surface area contributed by atoms with Crippen LogP contribution in [0.2, 0.25) is 0 Å². The summed E-state index contributed by atoms with van der Waals surface area (Å²) >= 11 is 0. The highest BCUT2D eigenvalue weighted by molar-refractivity contribution is 5.87. The van der Waals surface area contributed by atoms with Crippen molar-refractivity contribution in [2.75, 3.05) is 13.2 Å². The molecule has 3 aliphatic rings. The first-order valence-electron chi connectivity index (χ1n) is 12.6. The maximum Gasteiger partial charge on any atom is 0.407 e. The Hall–Kier alpha value is -3.35. The van der Waals surface area contributed by atoms with Crippen molar-refractivity contribution in [3.05, 3.63) is 59.7 Å². The summed E-state index contributed by atoms with van der Waals surface area (Å²) in [5.41, 5.74) is 4.61. The van der Waals surface area contributed by atoms with Gasteiger partial charge in [-0.2, -0.15) is 0 Å². The molecule has 2 amide bonds. The molecule has 1 saturated heterocycles. The highest BCUT2D eigenvalue weighted by Gasteiger charge is 2.40. The predicted octanol–water partition coefficient (Wildman–Crippen LogP) is 4.41. The van der Waals surface area contributed by atoms with Crippen molar-refractivity contribution in [1.29, 1.82) is 0 Å². The fourth-order valence-corrected chi connectivity index (χ4v) is 5.82. The van der Waals surface area contributed by atoms with Gasteiger partial charge in [0.2, 0.25) is 5.91 Å². The number of likely N-dealkylation sites (tertiary alicyclic amines) is 1. The van der Waals surface area contributed by atoms with Gasteiger partial charge in [0, 0.05) is 18.5 Å². The number of alkyl carbamates (subject to hydrolysis) is 1. The molecule has 1 aliphatic heterocycles. The molecule has 0 bridgehead atoms. The minimum Gasteiger partial charge on any atom is -0.481 e. The van der Waals surface area contributed by atoms with Gasteiger partial charge in [-0.3, -0.25) is 9.59 Å². The third-order valence-corrected chi connectivity index (χ3v) is 8.01. The Bertz CT molecular complexity index is 1080. The number of benzene rings is 2. The smallest absolute Gasteiger partial charge is 0.407 e. The zero-order chi connectivity index (χ0) is 24.5. The fourth-order valence-electron chi connectivity index (χ4n) is 5.82. The van der Waals surface area contributed by atoms with Crippen LogP contribution in [-0.2, 0) is 14.3 Å². The molecule has 5 rings (SSSR count). The Morgan fingerprint density at radius 2 is 1.66 bits per heavy atom. The number of carbonyl (C=O) groups is 3. The van der Waals surface area contributed by atoms with Crippen LogP contribution in [0.3, 0.4) is 0 Å². The summed E-state index contributed by atoms with van der Waals surface area (Å²) < 4.78 is 5.70. The molecule has 1 heterocycles. The average Bonchev–Trinajstić information content (AvgIpc) is 3.14. The first-order valence-corrected chi connectivity index (χ1v) is 12.6. The van der Waals surface area contributed by atoms with Gasteiger partial charge in [0.05, 0.1) is 5.92 Å². The number of aliphatic carboxylic acids is 1. The second-order valence-electron chi connectivity index (χ2n) is 10.1. The standard InChI is InChI=1S/C28H32N2O5/c1-17-15-19(27(32)33)13-14-30(17)26(31)25(18-7-6-8-18)29-28(34)35-16-24-22-11-4-2-9-20(22)21-10-3-5-12-23(21)24/h2-5,9-12,17-19,24-25H,6-8,13-16H2,1H3,(H,29,34)(H,32,33)/t17-,19-,25?/m0/s1. The third kappa shape index (κ3) is 4.51. The highest BCUT2D eigenvalue weighted by atomic mass is 16.5. The van der Waals surface area contributed by atoms with Crippen LogP contribution in [0.1, 0.15) is 56.1 Å².